The van der Waals surface area contributed by atoms with Crippen molar-refractivity contribution in [3.8, 4) is 0 Å². The molecular weight excluding hydrogens is 266 g/mol. The van der Waals surface area contributed by atoms with Gasteiger partial charge in [-0.2, -0.15) is 0 Å². The van der Waals surface area contributed by atoms with E-state index in [1.54, 1.807) is 0 Å². The van der Waals surface area contributed by atoms with Gasteiger partial charge in [0, 0.05) is 20.4 Å². The Balaban J connectivity index is -0.00000000356. The smallest absolute Gasteiger partial charge is 0.512 e. The average Bonchev–Trinajstić information content (AvgIpc) is 2.03. The number of hydrogen-bond donors (Lipinski definition) is 0. The number of nitrogens with zero attached hydrogens (tertiary/aromatic N) is 4. The van der Waals surface area contributed by atoms with E-state index in [2.05, 4.69) is 0 Å². The normalized spacial score (nSPS) is 0.727. The van der Waals surface area contributed by atoms with E-state index in [1.165, 1.54) is 0 Å². The summed E-state index contributed by atoms with van der Waals surface area (Å²) >= 11 is 0. The summed E-state index contributed by atoms with van der Waals surface area (Å²) in [4.78, 5) is 0. The van der Waals surface area contributed by atoms with Gasteiger partial charge in [0.15, 0.2) is 0 Å². The Morgan fingerprint density at radius 3 is 0.545 bits per heavy atom. The topological polar surface area (TPSA) is 127 Å². The van der Waals surface area contributed by atoms with E-state index in [-0.39, 0.29) is 77.3 Å². The van der Waals surface area contributed by atoms with E-state index in [4.69, 9.17) is 47.3 Å². The van der Waals surface area contributed by atoms with E-state index in [9.17, 15) is 0 Å². The summed E-state index contributed by atoms with van der Waals surface area (Å²) in [6.07, 6.45) is 0. The van der Waals surface area contributed by atoms with Gasteiger partial charge in [0.25, 0.3) is 0 Å². The second kappa shape index (κ2) is 18200. The molecule has 0 saturated carbocycles. The first-order valence-corrected chi connectivity index (χ1v) is 0.894. The second-order valence-electron chi connectivity index (χ2n) is 0. The quantitative estimate of drug-likeness (QED) is 0.334. The van der Waals surface area contributed by atoms with Gasteiger partial charge in [-0.25, -0.2) is 0 Å². The molecule has 0 aliphatic carbocycles. The van der Waals surface area contributed by atoms with Crippen molar-refractivity contribution in [2.45, 2.75) is 0 Å². The molecule has 7 heteroatoms. The maximum atomic E-state index is 6.25. The monoisotopic (exact) mass is 267 g/mol. The first-order valence-electron chi connectivity index (χ1n) is 0.894. The van der Waals surface area contributed by atoms with Crippen LogP contribution in [0.1, 0.15) is 0 Å². The van der Waals surface area contributed by atoms with Gasteiger partial charge < -0.3 is 52.8 Å². The molecule has 2 N–H and O–H groups in total. The molecule has 0 aliphatic heterocycles. The van der Waals surface area contributed by atoms with Gasteiger partial charge in [-0.05, 0) is 0 Å². The first kappa shape index (κ1) is 65.8. The molecule has 5 nitrogen and oxygen atoms in total. The van der Waals surface area contributed by atoms with Crippen LogP contribution in [-0.2, 0) is 20.4 Å². The maximum Gasteiger partial charge on any atom is 1.00 e. The van der Waals surface area contributed by atoms with Crippen molar-refractivity contribution in [3.63, 3.8) is 0 Å². The Morgan fingerprint density at radius 2 is 0.545 bits per heavy atom. The number of hydrogen-bond acceptors (Lipinski definition) is 4. The average molecular weight is 268 g/mol. The molecule has 11 heavy (non-hydrogen) atoms. The van der Waals surface area contributed by atoms with Crippen LogP contribution in [0.5, 0.6) is 0 Å². The molecule has 0 heterocycles. The van der Waals surface area contributed by atoms with Gasteiger partial charge in [-0.1, -0.05) is 0 Å². The molecule has 0 bridgehead atoms. The van der Waals surface area contributed by atoms with Crippen molar-refractivity contribution in [3.05, 3.63) is 26.3 Å². The second-order valence-corrected chi connectivity index (χ2v) is 0. The minimum atomic E-state index is 0. The van der Waals surface area contributed by atoms with Crippen molar-refractivity contribution >= 4 is 0 Å². The summed E-state index contributed by atoms with van der Waals surface area (Å²) in [7, 11) is 0. The van der Waals surface area contributed by atoms with Crippen LogP contribution in [0, 0.1) is 47.3 Å². The summed E-state index contributed by atoms with van der Waals surface area (Å²) in [6.45, 7) is 19.0. The van der Waals surface area contributed by atoms with E-state index in [0.717, 1.165) is 0 Å². The molecule has 0 amide bonds. The minimum absolute atomic E-state index is 0. The molecule has 0 atom stereocenters. The fourth-order valence-electron chi connectivity index (χ4n) is 0. The van der Waals surface area contributed by atoms with Crippen LogP contribution >= 0.6 is 0 Å². The third-order valence-electron chi connectivity index (χ3n) is 0. The SMILES string of the molecule is O.[C-]#N.[C-]#N.[C-]#N.[C-]#N.[K+].[Pd]. The predicted molar refractivity (Wildman–Crippen MR) is 23.5 cm³/mol. The Hall–Kier alpha value is 0.219. The van der Waals surface area contributed by atoms with Crippen molar-refractivity contribution in [2.75, 3.05) is 0 Å². The van der Waals surface area contributed by atoms with Gasteiger partial charge >= 0.3 is 51.4 Å². The van der Waals surface area contributed by atoms with E-state index < -0.39 is 0 Å². The van der Waals surface area contributed by atoms with E-state index in [0.29, 0.717) is 0 Å². The summed E-state index contributed by atoms with van der Waals surface area (Å²) in [5.41, 5.74) is 0. The Labute approximate surface area is 123 Å². The van der Waals surface area contributed by atoms with E-state index in [1.807, 2.05) is 0 Å². The van der Waals surface area contributed by atoms with Crippen molar-refractivity contribution in [1.29, 1.82) is 21.0 Å². The minimum Gasteiger partial charge on any atom is -0.512 e. The number of rotatable bonds is 0. The predicted octanol–water partition coefficient (Wildman–Crippen LogP) is -3.44. The molecule has 0 rings (SSSR count). The molecule has 0 aromatic rings. The fourth-order valence-corrected chi connectivity index (χ4v) is 0. The molecule has 0 aromatic carbocycles. The Bertz CT molecular complexity index is 65.1. The van der Waals surface area contributed by atoms with Gasteiger partial charge in [-0.3, -0.25) is 0 Å². The molecule has 0 aliphatic rings. The molecule has 0 aromatic heterocycles. The van der Waals surface area contributed by atoms with Gasteiger partial charge in [0.2, 0.25) is 0 Å². The molecule has 0 saturated heterocycles. The third-order valence-corrected chi connectivity index (χ3v) is 0. The maximum absolute atomic E-state index is 6.25. The largest absolute Gasteiger partial charge is 1.00 e. The summed E-state index contributed by atoms with van der Waals surface area (Å²) in [6, 6.07) is 0. The van der Waals surface area contributed by atoms with Gasteiger partial charge in [0.1, 0.15) is 0 Å². The van der Waals surface area contributed by atoms with Gasteiger partial charge in [-0.15, -0.1) is 0 Å². The molecule has 0 spiro atoms. The summed E-state index contributed by atoms with van der Waals surface area (Å²) in [5.74, 6) is 0. The first-order chi connectivity index (χ1) is 4.00. The van der Waals surface area contributed by atoms with E-state index >= 15 is 0 Å². The van der Waals surface area contributed by atoms with Crippen molar-refractivity contribution in [2.24, 2.45) is 0 Å². The van der Waals surface area contributed by atoms with Crippen LogP contribution in [0.4, 0.5) is 0 Å². The zero-order valence-corrected chi connectivity index (χ0v) is 10.3. The molecule has 0 fully saturated rings. The standard InChI is InChI=1S/4CN.K.H2O.Pd/c4*1-2;;;/h;;;;;1H2;/q4*-1;+1;;. The van der Waals surface area contributed by atoms with Crippen LogP contribution in [0.3, 0.4) is 0 Å². The fraction of sp³-hybridized carbons (Fsp3) is 0. The van der Waals surface area contributed by atoms with Crippen LogP contribution in [0.2, 0.25) is 0 Å². The molecule has 0 unspecified atom stereocenters. The van der Waals surface area contributed by atoms with Crippen LogP contribution in [0.15, 0.2) is 0 Å². The third kappa shape index (κ3) is 14400. The molecule has 58 valence electrons. The Morgan fingerprint density at radius 1 is 0.545 bits per heavy atom. The van der Waals surface area contributed by atoms with Crippen molar-refractivity contribution in [1.82, 2.24) is 0 Å². The molecular formula is C4H2KN4OPd-3. The van der Waals surface area contributed by atoms with Crippen LogP contribution in [0.25, 0.3) is 0 Å². The van der Waals surface area contributed by atoms with Gasteiger partial charge in [0.05, 0.1) is 0 Å². The molecule has 0 radical (unpaired) electrons. The summed E-state index contributed by atoms with van der Waals surface area (Å²) in [5, 5.41) is 25.0. The van der Waals surface area contributed by atoms with Crippen molar-refractivity contribution < 1.29 is 77.3 Å². The Kier molecular flexibility index (Phi) is 109000. The summed E-state index contributed by atoms with van der Waals surface area (Å²) < 4.78 is 0. The zero-order chi connectivity index (χ0) is 8.00. The van der Waals surface area contributed by atoms with Crippen LogP contribution in [-0.4, -0.2) is 5.48 Å². The van der Waals surface area contributed by atoms with Crippen LogP contribution < -0.4 is 51.4 Å². The zero-order valence-electron chi connectivity index (χ0n) is 5.61.